The summed E-state index contributed by atoms with van der Waals surface area (Å²) in [5, 5.41) is 11.6. The van der Waals surface area contributed by atoms with Crippen LogP contribution < -0.4 is 14.8 Å². The molecule has 2 aliphatic rings. The van der Waals surface area contributed by atoms with Crippen molar-refractivity contribution in [2.45, 2.75) is 45.2 Å². The highest BCUT2D eigenvalue weighted by molar-refractivity contribution is 5.92. The number of fused-ring (bicyclic) bond motifs is 2. The van der Waals surface area contributed by atoms with Gasteiger partial charge in [0.25, 0.3) is 0 Å². The van der Waals surface area contributed by atoms with Gasteiger partial charge in [0.05, 0.1) is 0 Å². The Morgan fingerprint density at radius 1 is 1.31 bits per heavy atom. The van der Waals surface area contributed by atoms with Crippen LogP contribution in [0.1, 0.15) is 43.4 Å². The predicted molar refractivity (Wildman–Crippen MR) is 96.0 cm³/mol. The lowest BCUT2D eigenvalue weighted by molar-refractivity contribution is -0.117. The monoisotopic (exact) mass is 354 g/mol. The first-order valence-electron chi connectivity index (χ1n) is 8.90. The summed E-state index contributed by atoms with van der Waals surface area (Å²) in [5.74, 6) is 3.65. The first-order valence-corrected chi connectivity index (χ1v) is 8.90. The highest BCUT2D eigenvalue weighted by atomic mass is 16.7. The van der Waals surface area contributed by atoms with Gasteiger partial charge in [-0.3, -0.25) is 4.79 Å². The van der Waals surface area contributed by atoms with Crippen LogP contribution in [-0.4, -0.2) is 33.5 Å². The first-order chi connectivity index (χ1) is 12.6. The van der Waals surface area contributed by atoms with E-state index in [1.54, 1.807) is 12.2 Å². The molecule has 7 heteroatoms. The molecule has 0 spiro atoms. The average Bonchev–Trinajstić information content (AvgIpc) is 3.25. The van der Waals surface area contributed by atoms with Gasteiger partial charge in [-0.25, -0.2) is 0 Å². The second-order valence-corrected chi connectivity index (χ2v) is 6.93. The Hall–Kier alpha value is -2.83. The Morgan fingerprint density at radius 3 is 3.00 bits per heavy atom. The number of benzene rings is 1. The molecule has 0 bridgehead atoms. The molecule has 7 nitrogen and oxygen atoms in total. The van der Waals surface area contributed by atoms with Gasteiger partial charge in [0, 0.05) is 31.0 Å². The van der Waals surface area contributed by atoms with Gasteiger partial charge in [0.2, 0.25) is 12.7 Å². The van der Waals surface area contributed by atoms with E-state index in [-0.39, 0.29) is 18.7 Å². The van der Waals surface area contributed by atoms with Crippen molar-refractivity contribution in [2.24, 2.45) is 0 Å². The lowest BCUT2D eigenvalue weighted by Gasteiger charge is -2.25. The van der Waals surface area contributed by atoms with Gasteiger partial charge < -0.3 is 19.4 Å². The Balaban J connectivity index is 1.38. The third-order valence-electron chi connectivity index (χ3n) is 4.66. The molecule has 1 aromatic carbocycles. The number of aryl methyl sites for hydroxylation is 1. The molecule has 3 heterocycles. The molecule has 0 unspecified atom stereocenters. The highest BCUT2D eigenvalue weighted by Crippen LogP contribution is 2.32. The average molecular weight is 354 g/mol. The van der Waals surface area contributed by atoms with Crippen molar-refractivity contribution in [1.29, 1.82) is 0 Å². The van der Waals surface area contributed by atoms with Crippen molar-refractivity contribution in [2.75, 3.05) is 6.79 Å². The minimum Gasteiger partial charge on any atom is -0.454 e. The number of ether oxygens (including phenoxy) is 2. The summed E-state index contributed by atoms with van der Waals surface area (Å²) in [6.45, 7) is 5.18. The summed E-state index contributed by atoms with van der Waals surface area (Å²) >= 11 is 0. The molecule has 0 fully saturated rings. The molecule has 0 saturated carbocycles. The molecule has 0 radical (unpaired) electrons. The lowest BCUT2D eigenvalue weighted by atomic mass is 10.1. The largest absolute Gasteiger partial charge is 0.454 e. The van der Waals surface area contributed by atoms with E-state index in [2.05, 4.69) is 33.9 Å². The van der Waals surface area contributed by atoms with Crippen LogP contribution in [0.5, 0.6) is 11.5 Å². The third kappa shape index (κ3) is 3.29. The van der Waals surface area contributed by atoms with E-state index in [0.717, 1.165) is 42.3 Å². The number of rotatable bonds is 4. The quantitative estimate of drug-likeness (QED) is 0.852. The standard InChI is InChI=1S/C19H22N4O3/c1-12(2)19-22-21-17-7-5-14(10-23(17)19)20-18(24)8-4-13-3-6-15-16(9-13)26-11-25-15/h3-4,6,8-9,12,14H,5,7,10-11H2,1-2H3,(H,20,24)/b8-4+/t14-/m0/s1. The van der Waals surface area contributed by atoms with E-state index in [9.17, 15) is 4.79 Å². The minimum atomic E-state index is -0.102. The number of amides is 1. The van der Waals surface area contributed by atoms with Gasteiger partial charge in [-0.05, 0) is 30.2 Å². The van der Waals surface area contributed by atoms with Crippen LogP contribution in [-0.2, 0) is 17.8 Å². The molecule has 2 aromatic rings. The van der Waals surface area contributed by atoms with E-state index >= 15 is 0 Å². The number of nitrogens with zero attached hydrogens (tertiary/aromatic N) is 3. The zero-order valence-corrected chi connectivity index (χ0v) is 14.9. The van der Waals surface area contributed by atoms with Crippen LogP contribution in [0.2, 0.25) is 0 Å². The summed E-state index contributed by atoms with van der Waals surface area (Å²) in [5.41, 5.74) is 0.899. The summed E-state index contributed by atoms with van der Waals surface area (Å²) in [7, 11) is 0. The van der Waals surface area contributed by atoms with E-state index in [0.29, 0.717) is 11.7 Å². The smallest absolute Gasteiger partial charge is 0.244 e. The van der Waals surface area contributed by atoms with E-state index in [4.69, 9.17) is 9.47 Å². The maximum Gasteiger partial charge on any atom is 0.244 e. The van der Waals surface area contributed by atoms with Gasteiger partial charge in [0.1, 0.15) is 11.6 Å². The van der Waals surface area contributed by atoms with E-state index < -0.39 is 0 Å². The fourth-order valence-electron chi connectivity index (χ4n) is 3.33. The summed E-state index contributed by atoms with van der Waals surface area (Å²) in [4.78, 5) is 12.3. The normalized spacial score (nSPS) is 18.3. The number of aromatic nitrogens is 3. The lowest BCUT2D eigenvalue weighted by Crippen LogP contribution is -2.40. The molecule has 0 aliphatic carbocycles. The molecule has 2 aliphatic heterocycles. The van der Waals surface area contributed by atoms with E-state index in [1.165, 1.54) is 0 Å². The molecule has 4 rings (SSSR count). The Labute approximate surface area is 152 Å². The van der Waals surface area contributed by atoms with Gasteiger partial charge in [-0.2, -0.15) is 0 Å². The van der Waals surface area contributed by atoms with Gasteiger partial charge >= 0.3 is 0 Å². The van der Waals surface area contributed by atoms with Gasteiger partial charge in [0.15, 0.2) is 11.5 Å². The zero-order chi connectivity index (χ0) is 18.1. The number of carbonyl (C=O) groups excluding carboxylic acids is 1. The topological polar surface area (TPSA) is 78.3 Å². The fourth-order valence-corrected chi connectivity index (χ4v) is 3.33. The molecule has 0 saturated heterocycles. The van der Waals surface area contributed by atoms with Crippen molar-refractivity contribution in [1.82, 2.24) is 20.1 Å². The van der Waals surface area contributed by atoms with Crippen LogP contribution in [0.25, 0.3) is 6.08 Å². The van der Waals surface area contributed by atoms with Gasteiger partial charge in [-0.15, -0.1) is 10.2 Å². The molecule has 26 heavy (non-hydrogen) atoms. The van der Waals surface area contributed by atoms with Crippen LogP contribution in [0.4, 0.5) is 0 Å². The molecule has 1 atom stereocenters. The van der Waals surface area contributed by atoms with Crippen molar-refractivity contribution in [3.05, 3.63) is 41.5 Å². The molecule has 1 aromatic heterocycles. The molecule has 1 N–H and O–H groups in total. The van der Waals surface area contributed by atoms with Crippen LogP contribution in [0, 0.1) is 0 Å². The summed E-state index contributed by atoms with van der Waals surface area (Å²) in [6.07, 6.45) is 5.04. The van der Waals surface area contributed by atoms with Gasteiger partial charge in [-0.1, -0.05) is 19.9 Å². The molecular weight excluding hydrogens is 332 g/mol. The number of carbonyl (C=O) groups is 1. The highest BCUT2D eigenvalue weighted by Gasteiger charge is 2.24. The SMILES string of the molecule is CC(C)c1nnc2n1C[C@@H](NC(=O)/C=C/c1ccc3c(c1)OCO3)CC2. The summed E-state index contributed by atoms with van der Waals surface area (Å²) < 4.78 is 12.8. The van der Waals surface area contributed by atoms with E-state index in [1.807, 2.05) is 18.2 Å². The van der Waals surface area contributed by atoms with Crippen molar-refractivity contribution in [3.63, 3.8) is 0 Å². The summed E-state index contributed by atoms with van der Waals surface area (Å²) in [6, 6.07) is 5.70. The first kappa shape index (κ1) is 16.6. The molecule has 136 valence electrons. The van der Waals surface area contributed by atoms with Crippen molar-refractivity contribution in [3.8, 4) is 11.5 Å². The number of nitrogens with one attached hydrogen (secondary N) is 1. The van der Waals surface area contributed by atoms with Crippen LogP contribution in [0.15, 0.2) is 24.3 Å². The predicted octanol–water partition coefficient (Wildman–Crippen LogP) is 2.27. The van der Waals surface area contributed by atoms with Crippen molar-refractivity contribution >= 4 is 12.0 Å². The number of hydrogen-bond donors (Lipinski definition) is 1. The minimum absolute atomic E-state index is 0.0879. The Bertz CT molecular complexity index is 856. The second kappa shape index (κ2) is 6.82. The maximum absolute atomic E-state index is 12.3. The second-order valence-electron chi connectivity index (χ2n) is 6.93. The zero-order valence-electron chi connectivity index (χ0n) is 14.9. The van der Waals surface area contributed by atoms with Crippen molar-refractivity contribution < 1.29 is 14.3 Å². The maximum atomic E-state index is 12.3. The van der Waals surface area contributed by atoms with Crippen LogP contribution in [0.3, 0.4) is 0 Å². The third-order valence-corrected chi connectivity index (χ3v) is 4.66. The molecule has 1 amide bonds. The Morgan fingerprint density at radius 2 is 2.15 bits per heavy atom. The Kier molecular flexibility index (Phi) is 4.36. The van der Waals surface area contributed by atoms with Crippen LogP contribution >= 0.6 is 0 Å². The molecular formula is C19H22N4O3. The fraction of sp³-hybridized carbons (Fsp3) is 0.421. The number of hydrogen-bond acceptors (Lipinski definition) is 5.